The first-order valence-corrected chi connectivity index (χ1v) is 7.93. The fourth-order valence-corrected chi connectivity index (χ4v) is 3.95. The number of allylic oxidation sites excluding steroid dienone is 2. The van der Waals surface area contributed by atoms with Crippen molar-refractivity contribution in [2.24, 2.45) is 15.9 Å². The Morgan fingerprint density at radius 3 is 3.18 bits per heavy atom. The van der Waals surface area contributed by atoms with Gasteiger partial charge in [-0.15, -0.1) is 0 Å². The fraction of sp³-hybridized carbons (Fsp3) is 0.333. The summed E-state index contributed by atoms with van der Waals surface area (Å²) >= 11 is 1.17. The van der Waals surface area contributed by atoms with Gasteiger partial charge >= 0.3 is 5.00 Å². The molecule has 0 saturated heterocycles. The van der Waals surface area contributed by atoms with Crippen LogP contribution >= 0.6 is 11.3 Å². The van der Waals surface area contributed by atoms with E-state index in [1.54, 1.807) is 12.3 Å². The average molecular weight is 315 g/mol. The molecule has 2 atom stereocenters. The zero-order chi connectivity index (χ0) is 15.1. The average Bonchev–Trinajstić information content (AvgIpc) is 3.02. The van der Waals surface area contributed by atoms with Gasteiger partial charge < -0.3 is 4.74 Å². The number of nitrogens with zero attached hydrogens (tertiary/aromatic N) is 3. The first-order chi connectivity index (χ1) is 10.7. The third kappa shape index (κ3) is 2.09. The Kier molecular flexibility index (Phi) is 3.15. The molecule has 0 N–H and O–H groups in total. The maximum Gasteiger partial charge on any atom is 0.324 e. The molecule has 22 heavy (non-hydrogen) atoms. The van der Waals surface area contributed by atoms with Gasteiger partial charge in [0.1, 0.15) is 6.61 Å². The number of ether oxygens (including phenoxy) is 1. The smallest absolute Gasteiger partial charge is 0.324 e. The molecule has 0 saturated carbocycles. The zero-order valence-electron chi connectivity index (χ0n) is 11.6. The lowest BCUT2D eigenvalue weighted by Crippen LogP contribution is -2.33. The van der Waals surface area contributed by atoms with Crippen LogP contribution in [-0.4, -0.2) is 30.0 Å². The normalized spacial score (nSPS) is 26.1. The van der Waals surface area contributed by atoms with Crippen LogP contribution in [0.5, 0.6) is 0 Å². The van der Waals surface area contributed by atoms with E-state index in [2.05, 4.69) is 4.99 Å². The van der Waals surface area contributed by atoms with Crippen molar-refractivity contribution in [1.29, 1.82) is 0 Å². The van der Waals surface area contributed by atoms with Gasteiger partial charge in [-0.05, 0) is 17.2 Å². The van der Waals surface area contributed by atoms with Crippen LogP contribution in [0.2, 0.25) is 0 Å². The first-order valence-electron chi connectivity index (χ1n) is 7.05. The van der Waals surface area contributed by atoms with Crippen LogP contribution in [-0.2, 0) is 4.74 Å². The van der Waals surface area contributed by atoms with Crippen LogP contribution in [0.1, 0.15) is 17.9 Å². The number of nitro groups is 1. The van der Waals surface area contributed by atoms with Gasteiger partial charge in [0.15, 0.2) is 0 Å². The standard InChI is InChI=1S/C15H13N3O3S/c19-18(20)14-5-9(8-22-14)15-10-2-4-21-7-13(10)17-12-1-3-16-6-11(12)15/h2,4-6,8,11,15H,1,3,7H2. The maximum absolute atomic E-state index is 11.0. The van der Waals surface area contributed by atoms with E-state index < -0.39 is 0 Å². The highest BCUT2D eigenvalue weighted by Crippen LogP contribution is 2.43. The molecule has 0 fully saturated rings. The van der Waals surface area contributed by atoms with Crippen molar-refractivity contribution in [3.8, 4) is 0 Å². The second-order valence-corrected chi connectivity index (χ2v) is 6.29. The van der Waals surface area contributed by atoms with Gasteiger partial charge in [0.05, 0.1) is 16.9 Å². The molecule has 0 amide bonds. The molecule has 6 nitrogen and oxygen atoms in total. The molecule has 0 bridgehead atoms. The van der Waals surface area contributed by atoms with Crippen molar-refractivity contribution >= 4 is 28.3 Å². The summed E-state index contributed by atoms with van der Waals surface area (Å²) in [6.45, 7) is 1.22. The summed E-state index contributed by atoms with van der Waals surface area (Å²) in [5.41, 5.74) is 4.08. The summed E-state index contributed by atoms with van der Waals surface area (Å²) in [5, 5.41) is 13.0. The van der Waals surface area contributed by atoms with Gasteiger partial charge in [0, 0.05) is 48.2 Å². The summed E-state index contributed by atoms with van der Waals surface area (Å²) < 4.78 is 5.36. The molecule has 0 aliphatic carbocycles. The molecule has 2 unspecified atom stereocenters. The first kappa shape index (κ1) is 13.4. The minimum atomic E-state index is -0.337. The van der Waals surface area contributed by atoms with Gasteiger partial charge in [0.2, 0.25) is 0 Å². The quantitative estimate of drug-likeness (QED) is 0.621. The predicted molar refractivity (Wildman–Crippen MR) is 84.7 cm³/mol. The minimum absolute atomic E-state index is 0.0386. The topological polar surface area (TPSA) is 77.1 Å². The van der Waals surface area contributed by atoms with E-state index in [0.717, 1.165) is 35.5 Å². The Bertz CT molecular complexity index is 760. The van der Waals surface area contributed by atoms with E-state index in [1.165, 1.54) is 11.3 Å². The summed E-state index contributed by atoms with van der Waals surface area (Å²) in [6, 6.07) is 1.68. The second kappa shape index (κ2) is 5.17. The number of hydrogen-bond acceptors (Lipinski definition) is 6. The van der Waals surface area contributed by atoms with Gasteiger partial charge in [0.25, 0.3) is 0 Å². The molecule has 0 aromatic carbocycles. The van der Waals surface area contributed by atoms with Crippen molar-refractivity contribution in [2.45, 2.75) is 12.3 Å². The van der Waals surface area contributed by atoms with Crippen LogP contribution in [0.15, 0.2) is 45.0 Å². The van der Waals surface area contributed by atoms with Crippen molar-refractivity contribution < 1.29 is 9.66 Å². The highest BCUT2D eigenvalue weighted by molar-refractivity contribution is 7.13. The minimum Gasteiger partial charge on any atom is -0.495 e. The summed E-state index contributed by atoms with van der Waals surface area (Å²) in [4.78, 5) is 19.8. The number of aliphatic imine (C=N–C) groups is 2. The lowest BCUT2D eigenvalue weighted by Gasteiger charge is -2.34. The van der Waals surface area contributed by atoms with E-state index in [0.29, 0.717) is 6.61 Å². The second-order valence-electron chi connectivity index (χ2n) is 5.40. The van der Waals surface area contributed by atoms with Crippen LogP contribution in [0.4, 0.5) is 5.00 Å². The Morgan fingerprint density at radius 1 is 1.45 bits per heavy atom. The molecule has 3 aliphatic rings. The van der Waals surface area contributed by atoms with Gasteiger partial charge in [-0.2, -0.15) is 0 Å². The number of thiophene rings is 1. The summed E-state index contributed by atoms with van der Waals surface area (Å²) in [7, 11) is 0. The Morgan fingerprint density at radius 2 is 2.36 bits per heavy atom. The molecule has 0 radical (unpaired) electrons. The van der Waals surface area contributed by atoms with Crippen LogP contribution in [0.3, 0.4) is 0 Å². The molecule has 0 spiro atoms. The maximum atomic E-state index is 11.0. The predicted octanol–water partition coefficient (Wildman–Crippen LogP) is 3.08. The molecule has 112 valence electrons. The summed E-state index contributed by atoms with van der Waals surface area (Å²) in [6.07, 6.45) is 6.39. The third-order valence-corrected chi connectivity index (χ3v) is 5.06. The Balaban J connectivity index is 1.83. The van der Waals surface area contributed by atoms with Crippen molar-refractivity contribution in [3.63, 3.8) is 0 Å². The van der Waals surface area contributed by atoms with Crippen molar-refractivity contribution in [2.75, 3.05) is 13.2 Å². The molecule has 1 aromatic heterocycles. The van der Waals surface area contributed by atoms with E-state index in [1.807, 2.05) is 17.7 Å². The van der Waals surface area contributed by atoms with Crippen molar-refractivity contribution in [1.82, 2.24) is 0 Å². The molecule has 4 rings (SSSR count). The lowest BCUT2D eigenvalue weighted by atomic mass is 9.75. The van der Waals surface area contributed by atoms with Crippen LogP contribution in [0.25, 0.3) is 0 Å². The largest absolute Gasteiger partial charge is 0.495 e. The van der Waals surface area contributed by atoms with E-state index in [-0.39, 0.29) is 21.8 Å². The SMILES string of the molecule is O=[N+]([O-])c1cc(C2C3=C(COC=C3)N=C3CCN=CC32)cs1. The van der Waals surface area contributed by atoms with Crippen LogP contribution in [0, 0.1) is 16.0 Å². The van der Waals surface area contributed by atoms with Crippen LogP contribution < -0.4 is 0 Å². The van der Waals surface area contributed by atoms with Gasteiger partial charge in [-0.3, -0.25) is 20.1 Å². The molecular weight excluding hydrogens is 302 g/mol. The fourth-order valence-electron chi connectivity index (χ4n) is 3.19. The van der Waals surface area contributed by atoms with E-state index in [4.69, 9.17) is 9.73 Å². The number of hydrogen-bond donors (Lipinski definition) is 0. The monoisotopic (exact) mass is 315 g/mol. The van der Waals surface area contributed by atoms with Gasteiger partial charge in [-0.1, -0.05) is 11.3 Å². The third-order valence-electron chi connectivity index (χ3n) is 4.16. The number of rotatable bonds is 2. The Labute approximate surface area is 130 Å². The lowest BCUT2D eigenvalue weighted by molar-refractivity contribution is -0.380. The van der Waals surface area contributed by atoms with Gasteiger partial charge in [-0.25, -0.2) is 0 Å². The number of fused-ring (bicyclic) bond motifs is 1. The molecule has 1 aromatic rings. The Hall–Kier alpha value is -2.28. The molecule has 4 heterocycles. The highest BCUT2D eigenvalue weighted by atomic mass is 32.1. The summed E-state index contributed by atoms with van der Waals surface area (Å²) in [5.74, 6) is 0.126. The van der Waals surface area contributed by atoms with E-state index >= 15 is 0 Å². The molecular formula is C15H13N3O3S. The molecule has 7 heteroatoms. The van der Waals surface area contributed by atoms with E-state index in [9.17, 15) is 10.1 Å². The highest BCUT2D eigenvalue weighted by Gasteiger charge is 2.37. The zero-order valence-corrected chi connectivity index (χ0v) is 12.5. The molecule has 3 aliphatic heterocycles. The van der Waals surface area contributed by atoms with Crippen molar-refractivity contribution in [3.05, 3.63) is 50.7 Å².